The van der Waals surface area contributed by atoms with Gasteiger partial charge in [0, 0.05) is 24.0 Å². The Balaban J connectivity index is 1.60. The van der Waals surface area contributed by atoms with Crippen molar-refractivity contribution in [1.29, 1.82) is 0 Å². The molecule has 0 radical (unpaired) electrons. The van der Waals surface area contributed by atoms with Gasteiger partial charge in [0.15, 0.2) is 0 Å². The molecule has 2 heterocycles. The minimum absolute atomic E-state index is 0.252. The summed E-state index contributed by atoms with van der Waals surface area (Å²) in [5.74, 6) is -0.252. The van der Waals surface area contributed by atoms with Crippen LogP contribution < -0.4 is 5.49 Å². The third-order valence-electron chi connectivity index (χ3n) is 4.94. The molecule has 0 bridgehead atoms. The maximum absolute atomic E-state index is 12.9. The third kappa shape index (κ3) is 4.63. The maximum Gasteiger partial charge on any atom is 0.278 e. The van der Waals surface area contributed by atoms with E-state index in [2.05, 4.69) is 22.2 Å². The number of pyridine rings is 1. The molecule has 0 atom stereocenters. The summed E-state index contributed by atoms with van der Waals surface area (Å²) in [5.41, 5.74) is 5.47. The summed E-state index contributed by atoms with van der Waals surface area (Å²) in [6, 6.07) is 25.5. The first-order chi connectivity index (χ1) is 14.6. The predicted octanol–water partition coefficient (Wildman–Crippen LogP) is 4.14. The van der Waals surface area contributed by atoms with Gasteiger partial charge >= 0.3 is 0 Å². The van der Waals surface area contributed by atoms with Gasteiger partial charge in [0.05, 0.1) is 12.2 Å². The molecule has 150 valence electrons. The lowest BCUT2D eigenvalue weighted by Gasteiger charge is -2.08. The smallest absolute Gasteiger partial charge is 0.278 e. The minimum atomic E-state index is -0.252. The van der Waals surface area contributed by atoms with E-state index in [4.69, 9.17) is 0 Å². The van der Waals surface area contributed by atoms with E-state index in [-0.39, 0.29) is 5.91 Å². The van der Waals surface area contributed by atoms with E-state index in [1.54, 1.807) is 6.07 Å². The Labute approximate surface area is 176 Å². The SMILES string of the molecule is Cc1cc(C)n(Cc2cccc(C(=O)N=c3ccccn3Cc3ccccc3)c2)n1. The van der Waals surface area contributed by atoms with Gasteiger partial charge in [-0.15, -0.1) is 0 Å². The topological polar surface area (TPSA) is 52.2 Å². The van der Waals surface area contributed by atoms with Crippen molar-refractivity contribution in [2.75, 3.05) is 0 Å². The molecule has 0 fully saturated rings. The summed E-state index contributed by atoms with van der Waals surface area (Å²) in [5, 5.41) is 4.50. The van der Waals surface area contributed by atoms with Crippen molar-refractivity contribution in [3.05, 3.63) is 119 Å². The molecule has 5 heteroatoms. The predicted molar refractivity (Wildman–Crippen MR) is 117 cm³/mol. The zero-order valence-corrected chi connectivity index (χ0v) is 17.2. The highest BCUT2D eigenvalue weighted by atomic mass is 16.1. The highest BCUT2D eigenvalue weighted by molar-refractivity contribution is 5.95. The van der Waals surface area contributed by atoms with Gasteiger partial charge in [-0.25, -0.2) is 0 Å². The standard InChI is InChI=1S/C25H24N4O/c1-19-15-20(2)29(27-19)18-22-11-8-12-23(16-22)25(30)26-24-13-6-7-14-28(24)17-21-9-4-3-5-10-21/h3-16H,17-18H2,1-2H3. The molecule has 0 aliphatic heterocycles. The van der Waals surface area contributed by atoms with Crippen molar-refractivity contribution in [3.8, 4) is 0 Å². The van der Waals surface area contributed by atoms with Crippen LogP contribution in [-0.2, 0) is 13.1 Å². The van der Waals surface area contributed by atoms with Crippen LogP contribution in [0, 0.1) is 13.8 Å². The lowest BCUT2D eigenvalue weighted by Crippen LogP contribution is -2.22. The second-order valence-corrected chi connectivity index (χ2v) is 7.37. The van der Waals surface area contributed by atoms with Gasteiger partial charge in [0.2, 0.25) is 0 Å². The molecule has 0 aliphatic rings. The number of rotatable bonds is 5. The largest absolute Gasteiger partial charge is 0.328 e. The molecule has 30 heavy (non-hydrogen) atoms. The molecule has 0 saturated carbocycles. The van der Waals surface area contributed by atoms with E-state index in [0.29, 0.717) is 24.1 Å². The number of amides is 1. The number of nitrogens with zero attached hydrogens (tertiary/aromatic N) is 4. The second-order valence-electron chi connectivity index (χ2n) is 7.37. The van der Waals surface area contributed by atoms with Crippen LogP contribution in [0.2, 0.25) is 0 Å². The van der Waals surface area contributed by atoms with Crippen LogP contribution in [0.4, 0.5) is 0 Å². The molecule has 0 N–H and O–H groups in total. The Morgan fingerprint density at radius 1 is 0.867 bits per heavy atom. The lowest BCUT2D eigenvalue weighted by atomic mass is 10.1. The van der Waals surface area contributed by atoms with Crippen LogP contribution in [0.3, 0.4) is 0 Å². The van der Waals surface area contributed by atoms with Crippen LogP contribution in [0.5, 0.6) is 0 Å². The quantitative estimate of drug-likeness (QED) is 0.509. The number of hydrogen-bond acceptors (Lipinski definition) is 2. The second kappa shape index (κ2) is 8.74. The number of carbonyl (C=O) groups excluding carboxylic acids is 1. The fraction of sp³-hybridized carbons (Fsp3) is 0.160. The number of aryl methyl sites for hydroxylation is 2. The normalized spacial score (nSPS) is 11.6. The zero-order chi connectivity index (χ0) is 20.9. The molecular weight excluding hydrogens is 372 g/mol. The number of aromatic nitrogens is 3. The number of benzene rings is 2. The molecule has 4 rings (SSSR count). The molecule has 0 saturated heterocycles. The molecule has 0 aliphatic carbocycles. The van der Waals surface area contributed by atoms with E-state index < -0.39 is 0 Å². The first-order valence-corrected chi connectivity index (χ1v) is 9.97. The molecule has 5 nitrogen and oxygen atoms in total. The molecule has 4 aromatic rings. The van der Waals surface area contributed by atoms with Crippen molar-refractivity contribution in [2.45, 2.75) is 26.9 Å². The summed E-state index contributed by atoms with van der Waals surface area (Å²) in [4.78, 5) is 17.3. The fourth-order valence-electron chi connectivity index (χ4n) is 3.46. The van der Waals surface area contributed by atoms with E-state index >= 15 is 0 Å². The molecule has 2 aromatic heterocycles. The Morgan fingerprint density at radius 2 is 1.63 bits per heavy atom. The highest BCUT2D eigenvalue weighted by Gasteiger charge is 2.08. The summed E-state index contributed by atoms with van der Waals surface area (Å²) in [6.45, 7) is 5.30. The van der Waals surface area contributed by atoms with Gasteiger partial charge in [-0.05, 0) is 55.3 Å². The molecular formula is C25H24N4O. The monoisotopic (exact) mass is 396 g/mol. The van der Waals surface area contributed by atoms with Crippen LogP contribution in [0.25, 0.3) is 0 Å². The highest BCUT2D eigenvalue weighted by Crippen LogP contribution is 2.11. The van der Waals surface area contributed by atoms with Crippen molar-refractivity contribution in [2.24, 2.45) is 4.99 Å². The van der Waals surface area contributed by atoms with E-state index in [0.717, 1.165) is 22.5 Å². The van der Waals surface area contributed by atoms with Crippen molar-refractivity contribution >= 4 is 5.91 Å². The van der Waals surface area contributed by atoms with Crippen molar-refractivity contribution in [3.63, 3.8) is 0 Å². The number of hydrogen-bond donors (Lipinski definition) is 0. The first-order valence-electron chi connectivity index (χ1n) is 9.97. The lowest BCUT2D eigenvalue weighted by molar-refractivity contribution is 0.0997. The average Bonchev–Trinajstić information content (AvgIpc) is 3.07. The van der Waals surface area contributed by atoms with Gasteiger partial charge < -0.3 is 4.57 Å². The van der Waals surface area contributed by atoms with Crippen molar-refractivity contribution < 1.29 is 4.79 Å². The molecule has 0 spiro atoms. The van der Waals surface area contributed by atoms with Crippen LogP contribution in [-0.4, -0.2) is 20.3 Å². The third-order valence-corrected chi connectivity index (χ3v) is 4.94. The van der Waals surface area contributed by atoms with E-state index in [1.807, 2.05) is 90.0 Å². The Morgan fingerprint density at radius 3 is 2.40 bits per heavy atom. The Kier molecular flexibility index (Phi) is 5.70. The summed E-state index contributed by atoms with van der Waals surface area (Å²) < 4.78 is 3.92. The van der Waals surface area contributed by atoms with Crippen molar-refractivity contribution in [1.82, 2.24) is 14.3 Å². The van der Waals surface area contributed by atoms with Crippen LogP contribution in [0.1, 0.15) is 32.9 Å². The zero-order valence-electron chi connectivity index (χ0n) is 17.2. The summed E-state index contributed by atoms with van der Waals surface area (Å²) in [7, 11) is 0. The first kappa shape index (κ1) is 19.6. The van der Waals surface area contributed by atoms with Crippen LogP contribution >= 0.6 is 0 Å². The maximum atomic E-state index is 12.9. The van der Waals surface area contributed by atoms with Gasteiger partial charge in [-0.1, -0.05) is 48.5 Å². The molecule has 2 aromatic carbocycles. The average molecular weight is 396 g/mol. The summed E-state index contributed by atoms with van der Waals surface area (Å²) in [6.07, 6.45) is 1.94. The number of carbonyl (C=O) groups is 1. The van der Waals surface area contributed by atoms with Gasteiger partial charge in [0.1, 0.15) is 5.49 Å². The summed E-state index contributed by atoms with van der Waals surface area (Å²) >= 11 is 0. The minimum Gasteiger partial charge on any atom is -0.328 e. The molecule has 0 unspecified atom stereocenters. The van der Waals surface area contributed by atoms with Gasteiger partial charge in [0.25, 0.3) is 5.91 Å². The Hall–Kier alpha value is -3.73. The van der Waals surface area contributed by atoms with Crippen LogP contribution in [0.15, 0.2) is 90.1 Å². The van der Waals surface area contributed by atoms with E-state index in [9.17, 15) is 4.79 Å². The molecule has 1 amide bonds. The van der Waals surface area contributed by atoms with Gasteiger partial charge in [-0.2, -0.15) is 10.1 Å². The van der Waals surface area contributed by atoms with Gasteiger partial charge in [-0.3, -0.25) is 9.48 Å². The van der Waals surface area contributed by atoms with E-state index in [1.165, 1.54) is 0 Å². The fourth-order valence-corrected chi connectivity index (χ4v) is 3.46. The Bertz CT molecular complexity index is 1240.